The van der Waals surface area contributed by atoms with Gasteiger partial charge in [-0.25, -0.2) is 0 Å². The van der Waals surface area contributed by atoms with E-state index < -0.39 is 23.6 Å². The molecule has 0 spiro atoms. The second kappa shape index (κ2) is 7.34. The van der Waals surface area contributed by atoms with Gasteiger partial charge in [0.05, 0.1) is 17.6 Å². The topological polar surface area (TPSA) is 77.8 Å². The van der Waals surface area contributed by atoms with Crippen LogP contribution in [0.3, 0.4) is 0 Å². The SMILES string of the molecule is C[C@H]1[C@H](C)CC[C@]2(C(=O)O)CC[C@]3(C)C(=CC[C@H]4[C@@]5(C)C[C@@H](O)[C@H](O)C(C)(C)[C@@H]5CC[C@]43C)[C@@H]12. The third-order valence-electron chi connectivity index (χ3n) is 13.4. The molecule has 0 aromatic rings. The third-order valence-corrected chi connectivity index (χ3v) is 13.4. The number of hydrogen-bond acceptors (Lipinski definition) is 3. The number of aliphatic carboxylic acids is 1. The van der Waals surface area contributed by atoms with Crippen LogP contribution in [0.25, 0.3) is 0 Å². The predicted octanol–water partition coefficient (Wildman–Crippen LogP) is 6.06. The molecular weight excluding hydrogens is 424 g/mol. The fraction of sp³-hybridized carbons (Fsp3) is 0.900. The van der Waals surface area contributed by atoms with Gasteiger partial charge >= 0.3 is 5.97 Å². The summed E-state index contributed by atoms with van der Waals surface area (Å²) in [7, 11) is 0. The molecule has 0 radical (unpaired) electrons. The molecule has 0 unspecified atom stereocenters. The van der Waals surface area contributed by atoms with Gasteiger partial charge in [0.2, 0.25) is 0 Å². The second-order valence-corrected chi connectivity index (χ2v) is 14.6. The number of allylic oxidation sites excluding steroid dienone is 2. The summed E-state index contributed by atoms with van der Waals surface area (Å²) >= 11 is 0. The lowest BCUT2D eigenvalue weighted by Crippen LogP contribution is -2.67. The van der Waals surface area contributed by atoms with Gasteiger partial charge in [-0.1, -0.05) is 60.1 Å². The van der Waals surface area contributed by atoms with E-state index in [1.54, 1.807) is 0 Å². The number of aliphatic hydroxyl groups excluding tert-OH is 2. The summed E-state index contributed by atoms with van der Waals surface area (Å²) in [5.74, 6) is 1.30. The Kier molecular flexibility index (Phi) is 5.36. The van der Waals surface area contributed by atoms with Gasteiger partial charge in [-0.3, -0.25) is 4.79 Å². The van der Waals surface area contributed by atoms with Crippen molar-refractivity contribution in [2.24, 2.45) is 56.7 Å². The number of fused-ring (bicyclic) bond motifs is 7. The lowest BCUT2D eigenvalue weighted by Gasteiger charge is -2.71. The Morgan fingerprint density at radius 1 is 0.941 bits per heavy atom. The molecule has 192 valence electrons. The van der Waals surface area contributed by atoms with Crippen molar-refractivity contribution in [3.63, 3.8) is 0 Å². The van der Waals surface area contributed by atoms with E-state index in [-0.39, 0.29) is 27.6 Å². The van der Waals surface area contributed by atoms with Crippen molar-refractivity contribution in [3.05, 3.63) is 11.6 Å². The minimum absolute atomic E-state index is 0.00993. The molecule has 34 heavy (non-hydrogen) atoms. The van der Waals surface area contributed by atoms with Crippen LogP contribution in [0, 0.1) is 56.7 Å². The van der Waals surface area contributed by atoms with Gasteiger partial charge in [-0.15, -0.1) is 0 Å². The number of carbonyl (C=O) groups is 1. The van der Waals surface area contributed by atoms with Gasteiger partial charge in [0.15, 0.2) is 0 Å². The van der Waals surface area contributed by atoms with Crippen molar-refractivity contribution >= 4 is 5.97 Å². The van der Waals surface area contributed by atoms with Gasteiger partial charge in [-0.2, -0.15) is 0 Å². The summed E-state index contributed by atoms with van der Waals surface area (Å²) < 4.78 is 0. The lowest BCUT2D eigenvalue weighted by atomic mass is 9.33. The van der Waals surface area contributed by atoms with Crippen molar-refractivity contribution in [1.29, 1.82) is 0 Å². The van der Waals surface area contributed by atoms with E-state index in [2.05, 4.69) is 54.5 Å². The molecular formula is C30H48O4. The Morgan fingerprint density at radius 2 is 1.62 bits per heavy atom. The van der Waals surface area contributed by atoms with Crippen LogP contribution in [0.2, 0.25) is 0 Å². The molecule has 0 aromatic carbocycles. The first-order valence-electron chi connectivity index (χ1n) is 14.0. The maximum absolute atomic E-state index is 12.8. The van der Waals surface area contributed by atoms with Crippen LogP contribution in [0.1, 0.15) is 99.8 Å². The molecule has 4 nitrogen and oxygen atoms in total. The molecule has 0 saturated heterocycles. The predicted molar refractivity (Wildman–Crippen MR) is 134 cm³/mol. The fourth-order valence-electron chi connectivity index (χ4n) is 11.0. The van der Waals surface area contributed by atoms with E-state index in [1.807, 2.05) is 0 Å². The smallest absolute Gasteiger partial charge is 0.310 e. The summed E-state index contributed by atoms with van der Waals surface area (Å²) in [4.78, 5) is 12.8. The first kappa shape index (κ1) is 24.8. The Labute approximate surface area is 206 Å². The maximum Gasteiger partial charge on any atom is 0.310 e. The number of aliphatic hydroxyl groups is 2. The molecule has 0 heterocycles. The van der Waals surface area contributed by atoms with Crippen LogP contribution in [0.15, 0.2) is 11.6 Å². The standard InChI is InChI=1S/C30H48O4/c1-17-10-13-30(25(33)34)15-14-28(6)19(23(30)18(17)2)8-9-22-27(5)16-20(31)24(32)26(3,4)21(27)11-12-29(22,28)7/h8,17-18,20-24,31-32H,9-16H2,1-7H3,(H,33,34)/t17-,18+,20-,21+,22+,23-,24+,27+,28-,29-,30+/m1/s1. The summed E-state index contributed by atoms with van der Waals surface area (Å²) in [5.41, 5.74) is 0.574. The molecule has 5 aliphatic carbocycles. The van der Waals surface area contributed by atoms with Gasteiger partial charge in [0.25, 0.3) is 0 Å². The van der Waals surface area contributed by atoms with Crippen LogP contribution in [0.5, 0.6) is 0 Å². The minimum Gasteiger partial charge on any atom is -0.481 e. The molecule has 0 amide bonds. The molecule has 4 heteroatoms. The van der Waals surface area contributed by atoms with Gasteiger partial charge in [-0.05, 0) is 103 Å². The highest BCUT2D eigenvalue weighted by atomic mass is 16.4. The van der Waals surface area contributed by atoms with E-state index in [1.165, 1.54) is 5.57 Å². The molecule has 0 aromatic heterocycles. The van der Waals surface area contributed by atoms with Crippen LogP contribution < -0.4 is 0 Å². The number of hydrogen-bond donors (Lipinski definition) is 3. The maximum atomic E-state index is 12.8. The van der Waals surface area contributed by atoms with Gasteiger partial charge in [0.1, 0.15) is 0 Å². The lowest BCUT2D eigenvalue weighted by molar-refractivity contribution is -0.232. The highest BCUT2D eigenvalue weighted by Crippen LogP contribution is 2.75. The molecule has 3 N–H and O–H groups in total. The van der Waals surface area contributed by atoms with E-state index in [9.17, 15) is 20.1 Å². The normalized spacial score (nSPS) is 56.3. The Morgan fingerprint density at radius 3 is 2.26 bits per heavy atom. The monoisotopic (exact) mass is 472 g/mol. The zero-order valence-electron chi connectivity index (χ0n) is 22.5. The van der Waals surface area contributed by atoms with Crippen molar-refractivity contribution in [3.8, 4) is 0 Å². The molecule has 5 aliphatic rings. The highest BCUT2D eigenvalue weighted by Gasteiger charge is 2.70. The second-order valence-electron chi connectivity index (χ2n) is 14.6. The summed E-state index contributed by atoms with van der Waals surface area (Å²) in [6, 6.07) is 0. The van der Waals surface area contributed by atoms with E-state index in [0.717, 1.165) is 44.9 Å². The highest BCUT2D eigenvalue weighted by molar-refractivity contribution is 5.76. The van der Waals surface area contributed by atoms with Crippen molar-refractivity contribution in [2.45, 2.75) is 112 Å². The van der Waals surface area contributed by atoms with Gasteiger partial charge in [0, 0.05) is 0 Å². The Bertz CT molecular complexity index is 907. The van der Waals surface area contributed by atoms with E-state index in [4.69, 9.17) is 0 Å². The van der Waals surface area contributed by atoms with Crippen LogP contribution >= 0.6 is 0 Å². The average molecular weight is 473 g/mol. The Balaban J connectivity index is 1.62. The largest absolute Gasteiger partial charge is 0.481 e. The Hall–Kier alpha value is -0.870. The average Bonchev–Trinajstić information content (AvgIpc) is 2.75. The molecule has 5 rings (SSSR count). The van der Waals surface area contributed by atoms with Crippen molar-refractivity contribution in [2.75, 3.05) is 0 Å². The molecule has 4 fully saturated rings. The van der Waals surface area contributed by atoms with Crippen molar-refractivity contribution in [1.82, 2.24) is 0 Å². The first-order chi connectivity index (χ1) is 15.7. The molecule has 11 atom stereocenters. The molecule has 4 saturated carbocycles. The number of carboxylic acid groups (broad SMARTS) is 1. The zero-order chi connectivity index (χ0) is 25.1. The van der Waals surface area contributed by atoms with Gasteiger partial charge < -0.3 is 15.3 Å². The first-order valence-corrected chi connectivity index (χ1v) is 14.0. The third kappa shape index (κ3) is 2.76. The summed E-state index contributed by atoms with van der Waals surface area (Å²) in [6.45, 7) is 16.3. The van der Waals surface area contributed by atoms with Crippen LogP contribution in [-0.4, -0.2) is 33.5 Å². The van der Waals surface area contributed by atoms with E-state index >= 15 is 0 Å². The van der Waals surface area contributed by atoms with Crippen LogP contribution in [-0.2, 0) is 4.79 Å². The van der Waals surface area contributed by atoms with Crippen LogP contribution in [0.4, 0.5) is 0 Å². The fourth-order valence-corrected chi connectivity index (χ4v) is 11.0. The summed E-state index contributed by atoms with van der Waals surface area (Å²) in [6.07, 6.45) is 8.53. The molecule has 0 aliphatic heterocycles. The minimum atomic E-state index is -0.679. The zero-order valence-corrected chi connectivity index (χ0v) is 22.5. The summed E-state index contributed by atoms with van der Waals surface area (Å²) in [5, 5.41) is 32.4. The number of rotatable bonds is 1. The molecule has 0 bridgehead atoms. The quantitative estimate of drug-likeness (QED) is 0.405. The number of carboxylic acids is 1. The van der Waals surface area contributed by atoms with Crippen molar-refractivity contribution < 1.29 is 20.1 Å². The van der Waals surface area contributed by atoms with E-state index in [0.29, 0.717) is 30.1 Å².